The molecule has 0 saturated carbocycles. The Hall–Kier alpha value is -1.95. The van der Waals surface area contributed by atoms with E-state index in [0.717, 1.165) is 0 Å². The summed E-state index contributed by atoms with van der Waals surface area (Å²) in [7, 11) is 0. The topological polar surface area (TPSA) is 96.5 Å². The molecule has 1 aliphatic heterocycles. The lowest BCUT2D eigenvalue weighted by Crippen LogP contribution is -2.29. The van der Waals surface area contributed by atoms with Crippen LogP contribution < -0.4 is 10.6 Å². The summed E-state index contributed by atoms with van der Waals surface area (Å²) in [6.07, 6.45) is 1.63. The lowest BCUT2D eigenvalue weighted by molar-refractivity contribution is -0.117. The molecule has 6 nitrogen and oxygen atoms in total. The maximum absolute atomic E-state index is 11.6. The number of carboxylic acids is 1. The van der Waals surface area contributed by atoms with Gasteiger partial charge in [0.2, 0.25) is 5.91 Å². The zero-order valence-corrected chi connectivity index (χ0v) is 8.46. The summed E-state index contributed by atoms with van der Waals surface area (Å²) in [5, 5.41) is 8.95. The van der Waals surface area contributed by atoms with Gasteiger partial charge in [0.05, 0.1) is 5.69 Å². The molecule has 6 heteroatoms. The quantitative estimate of drug-likeness (QED) is 0.723. The highest BCUT2D eigenvalue weighted by Gasteiger charge is 2.30. The highest BCUT2D eigenvalue weighted by Crippen LogP contribution is 2.23. The Balaban J connectivity index is 2.40. The zero-order chi connectivity index (χ0) is 11.7. The standard InChI is InChI=1S/C10H11N3O3/c11-6-4-8(14)13(5-6)7-2-1-3-12-9(7)10(15)16/h1-3,6H,4-5,11H2,(H,15,16). The van der Waals surface area contributed by atoms with Crippen LogP contribution >= 0.6 is 0 Å². The van der Waals surface area contributed by atoms with Gasteiger partial charge in [0.1, 0.15) is 0 Å². The number of hydrogen-bond donors (Lipinski definition) is 2. The van der Waals surface area contributed by atoms with Crippen LogP contribution in [-0.4, -0.2) is 34.6 Å². The van der Waals surface area contributed by atoms with Crippen molar-refractivity contribution in [3.8, 4) is 0 Å². The van der Waals surface area contributed by atoms with Crippen molar-refractivity contribution < 1.29 is 14.7 Å². The van der Waals surface area contributed by atoms with Crippen LogP contribution in [0.1, 0.15) is 16.9 Å². The lowest BCUT2D eigenvalue weighted by atomic mass is 10.2. The van der Waals surface area contributed by atoms with Crippen molar-refractivity contribution in [2.45, 2.75) is 12.5 Å². The molecule has 3 N–H and O–H groups in total. The second-order valence-corrected chi connectivity index (χ2v) is 3.64. The van der Waals surface area contributed by atoms with Crippen molar-refractivity contribution in [1.29, 1.82) is 0 Å². The molecule has 2 heterocycles. The van der Waals surface area contributed by atoms with Gasteiger partial charge in [-0.25, -0.2) is 9.78 Å². The predicted octanol–water partition coefficient (Wildman–Crippen LogP) is -0.156. The third-order valence-corrected chi connectivity index (χ3v) is 2.43. The highest BCUT2D eigenvalue weighted by atomic mass is 16.4. The minimum atomic E-state index is -1.15. The van der Waals surface area contributed by atoms with Gasteiger partial charge in [-0.2, -0.15) is 0 Å². The molecule has 1 aliphatic rings. The van der Waals surface area contributed by atoms with E-state index in [1.165, 1.54) is 11.1 Å². The number of nitrogens with zero attached hydrogens (tertiary/aromatic N) is 2. The maximum atomic E-state index is 11.6. The van der Waals surface area contributed by atoms with E-state index in [1.54, 1.807) is 12.1 Å². The number of rotatable bonds is 2. The van der Waals surface area contributed by atoms with Gasteiger partial charge >= 0.3 is 5.97 Å². The summed E-state index contributed by atoms with van der Waals surface area (Å²) >= 11 is 0. The van der Waals surface area contributed by atoms with E-state index in [4.69, 9.17) is 10.8 Å². The van der Waals surface area contributed by atoms with Crippen molar-refractivity contribution in [2.75, 3.05) is 11.4 Å². The minimum absolute atomic E-state index is 0.120. The van der Waals surface area contributed by atoms with Gasteiger partial charge in [0.15, 0.2) is 5.69 Å². The number of carbonyl (C=O) groups is 2. The summed E-state index contributed by atoms with van der Waals surface area (Å²) in [4.78, 5) is 27.6. The number of hydrogen-bond acceptors (Lipinski definition) is 4. The lowest BCUT2D eigenvalue weighted by Gasteiger charge is -2.17. The third kappa shape index (κ3) is 1.74. The minimum Gasteiger partial charge on any atom is -0.476 e. The summed E-state index contributed by atoms with van der Waals surface area (Å²) in [6, 6.07) is 2.92. The Labute approximate surface area is 91.7 Å². The van der Waals surface area contributed by atoms with Gasteiger partial charge in [-0.05, 0) is 12.1 Å². The Morgan fingerprint density at radius 3 is 2.94 bits per heavy atom. The predicted molar refractivity (Wildman–Crippen MR) is 56.1 cm³/mol. The van der Waals surface area contributed by atoms with Crippen LogP contribution in [0.4, 0.5) is 5.69 Å². The van der Waals surface area contributed by atoms with Crippen LogP contribution in [-0.2, 0) is 4.79 Å². The number of amides is 1. The first-order chi connectivity index (χ1) is 7.59. The average molecular weight is 221 g/mol. The van der Waals surface area contributed by atoms with E-state index in [-0.39, 0.29) is 24.1 Å². The Kier molecular flexibility index (Phi) is 2.57. The first kappa shape index (κ1) is 10.6. The average Bonchev–Trinajstić information content (AvgIpc) is 2.57. The van der Waals surface area contributed by atoms with E-state index < -0.39 is 5.97 Å². The number of nitrogens with two attached hydrogens (primary N) is 1. The molecule has 84 valence electrons. The molecule has 2 rings (SSSR count). The van der Waals surface area contributed by atoms with Gasteiger partial charge in [-0.1, -0.05) is 0 Å². The summed E-state index contributed by atoms with van der Waals surface area (Å²) in [5.41, 5.74) is 5.84. The fourth-order valence-electron chi connectivity index (χ4n) is 1.75. The number of aromatic carboxylic acids is 1. The van der Waals surface area contributed by atoms with Crippen molar-refractivity contribution in [3.05, 3.63) is 24.0 Å². The fraction of sp³-hybridized carbons (Fsp3) is 0.300. The second-order valence-electron chi connectivity index (χ2n) is 3.64. The first-order valence-corrected chi connectivity index (χ1v) is 4.84. The fourth-order valence-corrected chi connectivity index (χ4v) is 1.75. The van der Waals surface area contributed by atoms with Crippen molar-refractivity contribution >= 4 is 17.6 Å². The first-order valence-electron chi connectivity index (χ1n) is 4.84. The molecule has 1 aromatic heterocycles. The molecule has 1 unspecified atom stereocenters. The summed E-state index contributed by atoms with van der Waals surface area (Å²) < 4.78 is 0. The second kappa shape index (κ2) is 3.90. The molecule has 0 bridgehead atoms. The molecule has 1 amide bonds. The van der Waals surface area contributed by atoms with Crippen molar-refractivity contribution in [2.24, 2.45) is 5.73 Å². The van der Waals surface area contributed by atoms with E-state index in [1.807, 2.05) is 0 Å². The Morgan fingerprint density at radius 1 is 1.62 bits per heavy atom. The van der Waals surface area contributed by atoms with Crippen LogP contribution in [0.5, 0.6) is 0 Å². The van der Waals surface area contributed by atoms with Gasteiger partial charge < -0.3 is 15.7 Å². The van der Waals surface area contributed by atoms with Crippen LogP contribution in [0.15, 0.2) is 18.3 Å². The van der Waals surface area contributed by atoms with Crippen molar-refractivity contribution in [1.82, 2.24) is 4.98 Å². The molecule has 0 spiro atoms. The molecule has 0 aliphatic carbocycles. The molecule has 1 fully saturated rings. The molecule has 16 heavy (non-hydrogen) atoms. The van der Waals surface area contributed by atoms with E-state index in [0.29, 0.717) is 12.2 Å². The highest BCUT2D eigenvalue weighted by molar-refractivity contribution is 6.02. The summed E-state index contributed by atoms with van der Waals surface area (Å²) in [6.45, 7) is 0.338. The van der Waals surface area contributed by atoms with Crippen LogP contribution in [0.2, 0.25) is 0 Å². The monoisotopic (exact) mass is 221 g/mol. The normalized spacial score (nSPS) is 20.2. The van der Waals surface area contributed by atoms with Crippen molar-refractivity contribution in [3.63, 3.8) is 0 Å². The van der Waals surface area contributed by atoms with Gasteiger partial charge in [-0.3, -0.25) is 4.79 Å². The van der Waals surface area contributed by atoms with Crippen LogP contribution in [0, 0.1) is 0 Å². The molecule has 1 atom stereocenters. The van der Waals surface area contributed by atoms with E-state index in [2.05, 4.69) is 4.98 Å². The number of aromatic nitrogens is 1. The Morgan fingerprint density at radius 2 is 2.38 bits per heavy atom. The molecule has 0 radical (unpaired) electrons. The number of carbonyl (C=O) groups excluding carboxylic acids is 1. The molecule has 0 aromatic carbocycles. The number of carboxylic acid groups (broad SMARTS) is 1. The van der Waals surface area contributed by atoms with Gasteiger partial charge in [0.25, 0.3) is 0 Å². The molecular formula is C10H11N3O3. The largest absolute Gasteiger partial charge is 0.476 e. The third-order valence-electron chi connectivity index (χ3n) is 2.43. The number of pyridine rings is 1. The summed E-state index contributed by atoms with van der Waals surface area (Å²) in [5.74, 6) is -1.31. The van der Waals surface area contributed by atoms with E-state index >= 15 is 0 Å². The Bertz CT molecular complexity index is 447. The van der Waals surface area contributed by atoms with Crippen LogP contribution in [0.25, 0.3) is 0 Å². The maximum Gasteiger partial charge on any atom is 0.356 e. The van der Waals surface area contributed by atoms with Gasteiger partial charge in [-0.15, -0.1) is 0 Å². The zero-order valence-electron chi connectivity index (χ0n) is 8.46. The van der Waals surface area contributed by atoms with E-state index in [9.17, 15) is 9.59 Å². The molecular weight excluding hydrogens is 210 g/mol. The molecule has 1 saturated heterocycles. The van der Waals surface area contributed by atoms with Gasteiger partial charge in [0, 0.05) is 25.2 Å². The molecule has 1 aromatic rings. The number of anilines is 1. The smallest absolute Gasteiger partial charge is 0.356 e. The SMILES string of the molecule is NC1CC(=O)N(c2cccnc2C(=O)O)C1. The van der Waals surface area contributed by atoms with Crippen LogP contribution in [0.3, 0.4) is 0 Å².